The summed E-state index contributed by atoms with van der Waals surface area (Å²) in [6.45, 7) is 7.44. The fourth-order valence-corrected chi connectivity index (χ4v) is 1.23. The highest BCUT2D eigenvalue weighted by Crippen LogP contribution is 2.11. The van der Waals surface area contributed by atoms with E-state index in [4.69, 9.17) is 14.7 Å². The highest BCUT2D eigenvalue weighted by atomic mass is 16.6. The van der Waals surface area contributed by atoms with Crippen molar-refractivity contribution in [2.75, 3.05) is 6.61 Å². The lowest BCUT2D eigenvalue weighted by Gasteiger charge is -2.16. The second kappa shape index (κ2) is 8.52. The van der Waals surface area contributed by atoms with Crippen LogP contribution in [0.15, 0.2) is 0 Å². The molecule has 0 saturated carbocycles. The number of rotatable bonds is 8. The quantitative estimate of drug-likeness (QED) is 0.500. The van der Waals surface area contributed by atoms with Gasteiger partial charge in [-0.15, -0.1) is 0 Å². The standard InChI is InChI=1S/C14H23NO4/c1-11(2)9-18-12(16)7-5-6-8-13(17)19-14(3,4)10-15/h11H,5-9H2,1-4H3. The summed E-state index contributed by atoms with van der Waals surface area (Å²) in [5.74, 6) is -0.325. The third-order valence-electron chi connectivity index (χ3n) is 2.23. The van der Waals surface area contributed by atoms with Crippen LogP contribution in [0.5, 0.6) is 0 Å². The molecule has 0 atom stereocenters. The molecule has 0 saturated heterocycles. The Kier molecular flexibility index (Phi) is 7.81. The first-order valence-corrected chi connectivity index (χ1v) is 6.55. The van der Waals surface area contributed by atoms with Gasteiger partial charge in [0.2, 0.25) is 0 Å². The Balaban J connectivity index is 3.67. The van der Waals surface area contributed by atoms with Crippen molar-refractivity contribution in [2.45, 2.75) is 59.0 Å². The molecule has 5 nitrogen and oxygen atoms in total. The van der Waals surface area contributed by atoms with Gasteiger partial charge >= 0.3 is 11.9 Å². The number of carbonyl (C=O) groups excluding carboxylic acids is 2. The van der Waals surface area contributed by atoms with Crippen LogP contribution >= 0.6 is 0 Å². The molecule has 0 unspecified atom stereocenters. The van der Waals surface area contributed by atoms with E-state index < -0.39 is 11.6 Å². The van der Waals surface area contributed by atoms with Gasteiger partial charge in [-0.05, 0) is 32.6 Å². The first-order valence-electron chi connectivity index (χ1n) is 6.55. The molecular formula is C14H23NO4. The Morgan fingerprint density at radius 3 is 2.16 bits per heavy atom. The Labute approximate surface area is 114 Å². The van der Waals surface area contributed by atoms with Crippen LogP contribution in [0, 0.1) is 17.2 Å². The largest absolute Gasteiger partial charge is 0.465 e. The predicted octanol–water partition coefficient (Wildman–Crippen LogP) is 2.59. The topological polar surface area (TPSA) is 76.4 Å². The molecule has 0 aromatic carbocycles. The van der Waals surface area contributed by atoms with Crippen molar-refractivity contribution in [2.24, 2.45) is 5.92 Å². The first-order chi connectivity index (χ1) is 8.76. The zero-order chi connectivity index (χ0) is 14.9. The van der Waals surface area contributed by atoms with Crippen LogP contribution in [0.3, 0.4) is 0 Å². The molecule has 0 bridgehead atoms. The Bertz CT molecular complexity index is 342. The van der Waals surface area contributed by atoms with Crippen LogP contribution in [0.4, 0.5) is 0 Å². The third-order valence-corrected chi connectivity index (χ3v) is 2.23. The van der Waals surface area contributed by atoms with Crippen LogP contribution in [0.25, 0.3) is 0 Å². The molecule has 0 heterocycles. The van der Waals surface area contributed by atoms with Crippen molar-refractivity contribution in [3.63, 3.8) is 0 Å². The average molecular weight is 269 g/mol. The number of hydrogen-bond acceptors (Lipinski definition) is 5. The van der Waals surface area contributed by atoms with Gasteiger partial charge < -0.3 is 9.47 Å². The van der Waals surface area contributed by atoms with Gasteiger partial charge in [0.05, 0.1) is 6.61 Å². The molecular weight excluding hydrogens is 246 g/mol. The molecule has 0 amide bonds. The maximum Gasteiger partial charge on any atom is 0.307 e. The smallest absolute Gasteiger partial charge is 0.307 e. The summed E-state index contributed by atoms with van der Waals surface area (Å²) in [6, 6.07) is 1.89. The summed E-state index contributed by atoms with van der Waals surface area (Å²) >= 11 is 0. The lowest BCUT2D eigenvalue weighted by atomic mass is 10.1. The van der Waals surface area contributed by atoms with E-state index >= 15 is 0 Å². The molecule has 0 fully saturated rings. The Morgan fingerprint density at radius 2 is 1.68 bits per heavy atom. The van der Waals surface area contributed by atoms with Gasteiger partial charge in [-0.2, -0.15) is 5.26 Å². The number of nitriles is 1. The second-order valence-electron chi connectivity index (χ2n) is 5.38. The van der Waals surface area contributed by atoms with Gasteiger partial charge in [0.25, 0.3) is 0 Å². The Morgan fingerprint density at radius 1 is 1.16 bits per heavy atom. The van der Waals surface area contributed by atoms with Crippen molar-refractivity contribution in [1.29, 1.82) is 5.26 Å². The summed E-state index contributed by atoms with van der Waals surface area (Å²) < 4.78 is 9.97. The first kappa shape index (κ1) is 17.4. The van der Waals surface area contributed by atoms with Crippen molar-refractivity contribution in [1.82, 2.24) is 0 Å². The number of esters is 2. The molecule has 0 N–H and O–H groups in total. The zero-order valence-corrected chi connectivity index (χ0v) is 12.2. The maximum atomic E-state index is 11.4. The van der Waals surface area contributed by atoms with Gasteiger partial charge in [0.15, 0.2) is 5.60 Å². The van der Waals surface area contributed by atoms with E-state index in [9.17, 15) is 9.59 Å². The highest BCUT2D eigenvalue weighted by Gasteiger charge is 2.21. The lowest BCUT2D eigenvalue weighted by Crippen LogP contribution is -2.25. The normalized spacial score (nSPS) is 10.9. The number of nitrogens with zero attached hydrogens (tertiary/aromatic N) is 1. The van der Waals surface area contributed by atoms with Crippen LogP contribution < -0.4 is 0 Å². The lowest BCUT2D eigenvalue weighted by molar-refractivity contribution is -0.152. The van der Waals surface area contributed by atoms with E-state index in [1.807, 2.05) is 19.9 Å². The minimum atomic E-state index is -1.09. The van der Waals surface area contributed by atoms with E-state index in [1.54, 1.807) is 0 Å². The van der Waals surface area contributed by atoms with Crippen LogP contribution in [-0.4, -0.2) is 24.1 Å². The van der Waals surface area contributed by atoms with E-state index in [-0.39, 0.29) is 12.4 Å². The molecule has 0 aromatic heterocycles. The minimum Gasteiger partial charge on any atom is -0.465 e. The molecule has 0 spiro atoms. The number of ether oxygens (including phenoxy) is 2. The average Bonchev–Trinajstić information content (AvgIpc) is 2.31. The summed E-state index contributed by atoms with van der Waals surface area (Å²) in [7, 11) is 0. The van der Waals surface area contributed by atoms with Gasteiger partial charge in [-0.3, -0.25) is 9.59 Å². The van der Waals surface area contributed by atoms with Gasteiger partial charge in [-0.1, -0.05) is 13.8 Å². The molecule has 0 rings (SSSR count). The van der Waals surface area contributed by atoms with Crippen LogP contribution in [-0.2, 0) is 19.1 Å². The molecule has 5 heteroatoms. The monoisotopic (exact) mass is 269 g/mol. The fourth-order valence-electron chi connectivity index (χ4n) is 1.23. The number of carbonyl (C=O) groups is 2. The predicted molar refractivity (Wildman–Crippen MR) is 70.0 cm³/mol. The van der Waals surface area contributed by atoms with Crippen molar-refractivity contribution < 1.29 is 19.1 Å². The fraction of sp³-hybridized carbons (Fsp3) is 0.786. The molecule has 108 valence electrons. The van der Waals surface area contributed by atoms with Crippen molar-refractivity contribution in [3.8, 4) is 6.07 Å². The molecule has 0 aliphatic carbocycles. The summed E-state index contributed by atoms with van der Waals surface area (Å²) in [5.41, 5.74) is -1.09. The minimum absolute atomic E-state index is 0.211. The van der Waals surface area contributed by atoms with E-state index in [0.717, 1.165) is 0 Å². The van der Waals surface area contributed by atoms with Crippen LogP contribution in [0.1, 0.15) is 53.4 Å². The molecule has 0 aliphatic rings. The molecule has 0 radical (unpaired) electrons. The van der Waals surface area contributed by atoms with Gasteiger partial charge in [-0.25, -0.2) is 0 Å². The van der Waals surface area contributed by atoms with E-state index in [2.05, 4.69) is 0 Å². The number of unbranched alkanes of at least 4 members (excludes halogenated alkanes) is 1. The maximum absolute atomic E-state index is 11.4. The highest BCUT2D eigenvalue weighted by molar-refractivity contribution is 5.71. The summed E-state index contributed by atoms with van der Waals surface area (Å²) in [6.07, 6.45) is 1.65. The molecule has 0 aromatic rings. The van der Waals surface area contributed by atoms with Crippen LogP contribution in [0.2, 0.25) is 0 Å². The number of hydrogen-bond donors (Lipinski definition) is 0. The van der Waals surface area contributed by atoms with E-state index in [1.165, 1.54) is 13.8 Å². The third kappa shape index (κ3) is 10.1. The van der Waals surface area contributed by atoms with Crippen molar-refractivity contribution in [3.05, 3.63) is 0 Å². The molecule has 0 aliphatic heterocycles. The summed E-state index contributed by atoms with van der Waals surface area (Å²) in [5, 5.41) is 8.70. The molecule has 19 heavy (non-hydrogen) atoms. The van der Waals surface area contributed by atoms with Gasteiger partial charge in [0.1, 0.15) is 6.07 Å². The zero-order valence-electron chi connectivity index (χ0n) is 12.2. The van der Waals surface area contributed by atoms with Crippen molar-refractivity contribution >= 4 is 11.9 Å². The van der Waals surface area contributed by atoms with Gasteiger partial charge in [0, 0.05) is 12.8 Å². The van der Waals surface area contributed by atoms with E-state index in [0.29, 0.717) is 31.8 Å². The second-order valence-corrected chi connectivity index (χ2v) is 5.38. The SMILES string of the molecule is CC(C)COC(=O)CCCCC(=O)OC(C)(C)C#N. The Hall–Kier alpha value is -1.57. The summed E-state index contributed by atoms with van der Waals surface area (Å²) in [4.78, 5) is 22.7.